The fourth-order valence-corrected chi connectivity index (χ4v) is 2.10. The van der Waals surface area contributed by atoms with Crippen molar-refractivity contribution in [3.8, 4) is 0 Å². The van der Waals surface area contributed by atoms with Gasteiger partial charge in [0.15, 0.2) is 5.65 Å². The molecule has 0 aliphatic heterocycles. The van der Waals surface area contributed by atoms with Gasteiger partial charge in [0, 0.05) is 7.05 Å². The molecule has 0 bridgehead atoms. The van der Waals surface area contributed by atoms with E-state index < -0.39 is 6.10 Å². The van der Waals surface area contributed by atoms with Crippen LogP contribution in [0.2, 0.25) is 0 Å². The van der Waals surface area contributed by atoms with E-state index in [2.05, 4.69) is 15.1 Å². The fourth-order valence-electron chi connectivity index (χ4n) is 2.10. The van der Waals surface area contributed by atoms with Crippen molar-refractivity contribution in [3.63, 3.8) is 0 Å². The van der Waals surface area contributed by atoms with Gasteiger partial charge in [-0.05, 0) is 12.0 Å². The number of nitrogens with zero attached hydrogens (tertiary/aromatic N) is 4. The van der Waals surface area contributed by atoms with Crippen LogP contribution in [-0.2, 0) is 7.05 Å². The minimum atomic E-state index is -0.419. The Labute approximate surface area is 103 Å². The maximum absolute atomic E-state index is 9.44. The zero-order chi connectivity index (χ0) is 12.7. The highest BCUT2D eigenvalue weighted by molar-refractivity contribution is 5.97. The molecule has 0 saturated heterocycles. The summed E-state index contributed by atoms with van der Waals surface area (Å²) in [6, 6.07) is 0. The highest BCUT2D eigenvalue weighted by Crippen LogP contribution is 2.29. The lowest BCUT2D eigenvalue weighted by atomic mass is 10.0. The van der Waals surface area contributed by atoms with Crippen LogP contribution in [-0.4, -0.2) is 31.0 Å². The van der Waals surface area contributed by atoms with Crippen LogP contribution in [0.1, 0.15) is 12.1 Å². The summed E-state index contributed by atoms with van der Waals surface area (Å²) in [4.78, 5) is 8.18. The Balaban J connectivity index is 2.22. The standard InChI is InChI=1S/C12H13N5O/c1-17-12-9(11(13)14-6-15-12)10(16-17)7-2-4-8(18)5-3-7/h2-4,6,8,18H,5H2,1H3,(H2,13,14,15). The Hall–Kier alpha value is -2.21. The summed E-state index contributed by atoms with van der Waals surface area (Å²) in [5, 5.41) is 14.6. The first-order chi connectivity index (χ1) is 8.66. The minimum Gasteiger partial charge on any atom is -0.389 e. The number of fused-ring (bicyclic) bond motifs is 1. The van der Waals surface area contributed by atoms with E-state index in [4.69, 9.17) is 5.73 Å². The zero-order valence-electron chi connectivity index (χ0n) is 9.91. The molecular weight excluding hydrogens is 230 g/mol. The molecule has 6 heteroatoms. The third-order valence-corrected chi connectivity index (χ3v) is 3.00. The second kappa shape index (κ2) is 3.92. The van der Waals surface area contributed by atoms with E-state index in [1.165, 1.54) is 6.33 Å². The highest BCUT2D eigenvalue weighted by atomic mass is 16.3. The molecule has 0 spiro atoms. The highest BCUT2D eigenvalue weighted by Gasteiger charge is 2.17. The number of aliphatic hydroxyl groups excluding tert-OH is 1. The number of nitrogen functional groups attached to an aromatic ring is 1. The van der Waals surface area contributed by atoms with Gasteiger partial charge in [-0.25, -0.2) is 14.6 Å². The molecule has 6 nitrogen and oxygen atoms in total. The lowest BCUT2D eigenvalue weighted by Crippen LogP contribution is -2.04. The first kappa shape index (κ1) is 10.9. The van der Waals surface area contributed by atoms with Crippen LogP contribution in [0.15, 0.2) is 24.6 Å². The van der Waals surface area contributed by atoms with Gasteiger partial charge in [0.05, 0.1) is 11.5 Å². The first-order valence-electron chi connectivity index (χ1n) is 5.67. The molecular formula is C12H13N5O. The third-order valence-electron chi connectivity index (χ3n) is 3.00. The summed E-state index contributed by atoms with van der Waals surface area (Å²) in [6.45, 7) is 0. The van der Waals surface area contributed by atoms with Gasteiger partial charge in [-0.15, -0.1) is 0 Å². The fraction of sp³-hybridized carbons (Fsp3) is 0.250. The minimum absolute atomic E-state index is 0.419. The van der Waals surface area contributed by atoms with Gasteiger partial charge in [0.1, 0.15) is 17.8 Å². The molecule has 1 unspecified atom stereocenters. The van der Waals surface area contributed by atoms with E-state index in [-0.39, 0.29) is 0 Å². The first-order valence-corrected chi connectivity index (χ1v) is 5.67. The summed E-state index contributed by atoms with van der Waals surface area (Å²) >= 11 is 0. The van der Waals surface area contributed by atoms with Crippen molar-refractivity contribution in [1.82, 2.24) is 19.7 Å². The normalized spacial score (nSPS) is 19.2. The van der Waals surface area contributed by atoms with Gasteiger partial charge in [-0.1, -0.05) is 18.2 Å². The molecule has 2 heterocycles. The smallest absolute Gasteiger partial charge is 0.163 e. The van der Waals surface area contributed by atoms with Crippen molar-refractivity contribution in [1.29, 1.82) is 0 Å². The van der Waals surface area contributed by atoms with Crippen molar-refractivity contribution >= 4 is 22.4 Å². The lowest BCUT2D eigenvalue weighted by molar-refractivity contribution is 0.226. The quantitative estimate of drug-likeness (QED) is 0.767. The van der Waals surface area contributed by atoms with Crippen molar-refractivity contribution < 1.29 is 5.11 Å². The summed E-state index contributed by atoms with van der Waals surface area (Å²) in [5.74, 6) is 0.420. The predicted octanol–water partition coefficient (Wildman–Crippen LogP) is 0.650. The van der Waals surface area contributed by atoms with Crippen LogP contribution in [0.25, 0.3) is 16.6 Å². The molecule has 2 aromatic heterocycles. The van der Waals surface area contributed by atoms with Crippen LogP contribution in [0.4, 0.5) is 5.82 Å². The van der Waals surface area contributed by atoms with E-state index in [1.54, 1.807) is 10.8 Å². The number of hydrogen-bond donors (Lipinski definition) is 2. The Morgan fingerprint density at radius 1 is 1.44 bits per heavy atom. The molecule has 3 N–H and O–H groups in total. The molecule has 0 radical (unpaired) electrons. The summed E-state index contributed by atoms with van der Waals surface area (Å²) in [6.07, 6.45) is 7.13. The van der Waals surface area contributed by atoms with Gasteiger partial charge in [0.2, 0.25) is 0 Å². The predicted molar refractivity (Wildman–Crippen MR) is 68.5 cm³/mol. The number of nitrogens with two attached hydrogens (primary N) is 1. The van der Waals surface area contributed by atoms with Crippen LogP contribution in [0.3, 0.4) is 0 Å². The number of aliphatic hydroxyl groups is 1. The summed E-state index contributed by atoms with van der Waals surface area (Å²) < 4.78 is 1.68. The second-order valence-corrected chi connectivity index (χ2v) is 4.25. The zero-order valence-corrected chi connectivity index (χ0v) is 9.91. The molecule has 18 heavy (non-hydrogen) atoms. The molecule has 1 atom stereocenters. The van der Waals surface area contributed by atoms with Crippen LogP contribution in [0, 0.1) is 0 Å². The largest absolute Gasteiger partial charge is 0.389 e. The maximum Gasteiger partial charge on any atom is 0.163 e. The number of anilines is 1. The van der Waals surface area contributed by atoms with E-state index in [0.29, 0.717) is 17.9 Å². The number of allylic oxidation sites excluding steroid dienone is 2. The van der Waals surface area contributed by atoms with Gasteiger partial charge in [0.25, 0.3) is 0 Å². The van der Waals surface area contributed by atoms with E-state index >= 15 is 0 Å². The number of hydrogen-bond acceptors (Lipinski definition) is 5. The van der Waals surface area contributed by atoms with E-state index in [0.717, 1.165) is 16.7 Å². The third kappa shape index (κ3) is 1.58. The van der Waals surface area contributed by atoms with Crippen molar-refractivity contribution in [2.75, 3.05) is 5.73 Å². The topological polar surface area (TPSA) is 89.8 Å². The van der Waals surface area contributed by atoms with Gasteiger partial charge >= 0.3 is 0 Å². The van der Waals surface area contributed by atoms with Gasteiger partial charge in [-0.2, -0.15) is 5.10 Å². The lowest BCUT2D eigenvalue weighted by Gasteiger charge is -2.09. The molecule has 1 aliphatic carbocycles. The van der Waals surface area contributed by atoms with E-state index in [1.807, 2.05) is 19.2 Å². The Morgan fingerprint density at radius 3 is 3.00 bits per heavy atom. The average Bonchev–Trinajstić information content (AvgIpc) is 2.70. The summed E-state index contributed by atoms with van der Waals surface area (Å²) in [7, 11) is 1.82. The van der Waals surface area contributed by atoms with Gasteiger partial charge < -0.3 is 10.8 Å². The Morgan fingerprint density at radius 2 is 2.28 bits per heavy atom. The van der Waals surface area contributed by atoms with Crippen molar-refractivity contribution in [2.45, 2.75) is 12.5 Å². The summed E-state index contributed by atoms with van der Waals surface area (Å²) in [5.41, 5.74) is 8.30. The second-order valence-electron chi connectivity index (χ2n) is 4.25. The van der Waals surface area contributed by atoms with E-state index in [9.17, 15) is 5.11 Å². The molecule has 1 aliphatic rings. The monoisotopic (exact) mass is 243 g/mol. The molecule has 0 amide bonds. The van der Waals surface area contributed by atoms with Crippen molar-refractivity contribution in [3.05, 3.63) is 30.2 Å². The number of aryl methyl sites for hydroxylation is 1. The number of aromatic nitrogens is 4. The average molecular weight is 243 g/mol. The van der Waals surface area contributed by atoms with Crippen LogP contribution >= 0.6 is 0 Å². The SMILES string of the molecule is Cn1nc(C2=CCC(O)C=C2)c2c(N)ncnc21. The van der Waals surface area contributed by atoms with Gasteiger partial charge in [-0.3, -0.25) is 0 Å². The van der Waals surface area contributed by atoms with Crippen LogP contribution < -0.4 is 5.73 Å². The van der Waals surface area contributed by atoms with Crippen LogP contribution in [0.5, 0.6) is 0 Å². The molecule has 2 aromatic rings. The molecule has 0 fully saturated rings. The Kier molecular flexibility index (Phi) is 2.38. The van der Waals surface area contributed by atoms with Crippen molar-refractivity contribution in [2.24, 2.45) is 7.05 Å². The molecule has 0 saturated carbocycles. The maximum atomic E-state index is 9.44. The molecule has 3 rings (SSSR count). The Bertz CT molecular complexity index is 670. The number of rotatable bonds is 1. The molecule has 0 aromatic carbocycles. The molecule has 92 valence electrons.